The van der Waals surface area contributed by atoms with Gasteiger partial charge in [0.25, 0.3) is 0 Å². The lowest BCUT2D eigenvalue weighted by Gasteiger charge is -2.37. The summed E-state index contributed by atoms with van der Waals surface area (Å²) in [7, 11) is 0. The van der Waals surface area contributed by atoms with Crippen LogP contribution in [-0.4, -0.2) is 35.2 Å². The van der Waals surface area contributed by atoms with Gasteiger partial charge < -0.3 is 15.2 Å². The zero-order valence-electron chi connectivity index (χ0n) is 12.4. The van der Waals surface area contributed by atoms with Crippen molar-refractivity contribution >= 4 is 11.9 Å². The molecule has 1 aliphatic heterocycles. The lowest BCUT2D eigenvalue weighted by Crippen LogP contribution is -2.49. The SMILES string of the molecule is CC1(C)CC(NC(=O)C2CCCCC2C(=O)O)CCO1. The van der Waals surface area contributed by atoms with Crippen LogP contribution >= 0.6 is 0 Å². The fraction of sp³-hybridized carbons (Fsp3) is 0.867. The molecule has 2 N–H and O–H groups in total. The Morgan fingerprint density at radius 3 is 2.40 bits per heavy atom. The molecule has 20 heavy (non-hydrogen) atoms. The molecule has 1 saturated heterocycles. The number of ether oxygens (including phenoxy) is 1. The van der Waals surface area contributed by atoms with Gasteiger partial charge in [0.15, 0.2) is 0 Å². The van der Waals surface area contributed by atoms with Crippen LogP contribution in [0.1, 0.15) is 52.4 Å². The summed E-state index contributed by atoms with van der Waals surface area (Å²) in [6.45, 7) is 4.68. The van der Waals surface area contributed by atoms with Gasteiger partial charge in [-0.2, -0.15) is 0 Å². The highest BCUT2D eigenvalue weighted by Crippen LogP contribution is 2.31. The van der Waals surface area contributed by atoms with Gasteiger partial charge in [-0.1, -0.05) is 12.8 Å². The van der Waals surface area contributed by atoms with Gasteiger partial charge in [0, 0.05) is 12.6 Å². The Kier molecular flexibility index (Phi) is 4.68. The van der Waals surface area contributed by atoms with Crippen LogP contribution in [0.4, 0.5) is 0 Å². The predicted molar refractivity (Wildman–Crippen MR) is 74.3 cm³/mol. The summed E-state index contributed by atoms with van der Waals surface area (Å²) in [5.74, 6) is -1.80. The number of nitrogens with one attached hydrogen (secondary N) is 1. The van der Waals surface area contributed by atoms with Crippen LogP contribution in [0.5, 0.6) is 0 Å². The van der Waals surface area contributed by atoms with Crippen molar-refractivity contribution in [1.29, 1.82) is 0 Å². The Labute approximate surface area is 120 Å². The minimum absolute atomic E-state index is 0.0835. The third kappa shape index (κ3) is 3.72. The zero-order chi connectivity index (χ0) is 14.8. The Bertz CT molecular complexity index is 380. The molecule has 0 aromatic rings. The quantitative estimate of drug-likeness (QED) is 0.830. The molecule has 1 heterocycles. The average molecular weight is 283 g/mol. The number of hydrogen-bond acceptors (Lipinski definition) is 3. The number of carbonyl (C=O) groups excluding carboxylic acids is 1. The monoisotopic (exact) mass is 283 g/mol. The van der Waals surface area contributed by atoms with Crippen LogP contribution in [0.2, 0.25) is 0 Å². The van der Waals surface area contributed by atoms with E-state index >= 15 is 0 Å². The Morgan fingerprint density at radius 1 is 1.15 bits per heavy atom. The molecule has 1 saturated carbocycles. The van der Waals surface area contributed by atoms with Crippen molar-refractivity contribution in [2.24, 2.45) is 11.8 Å². The summed E-state index contributed by atoms with van der Waals surface area (Å²) in [4.78, 5) is 23.6. The second-order valence-corrected chi connectivity index (χ2v) is 6.64. The van der Waals surface area contributed by atoms with Crippen molar-refractivity contribution in [2.75, 3.05) is 6.61 Å². The van der Waals surface area contributed by atoms with Crippen molar-refractivity contribution in [1.82, 2.24) is 5.32 Å². The number of carbonyl (C=O) groups is 2. The van der Waals surface area contributed by atoms with Gasteiger partial charge in [-0.3, -0.25) is 9.59 Å². The van der Waals surface area contributed by atoms with E-state index in [1.807, 2.05) is 13.8 Å². The van der Waals surface area contributed by atoms with Crippen molar-refractivity contribution in [3.8, 4) is 0 Å². The molecule has 0 spiro atoms. The van der Waals surface area contributed by atoms with E-state index in [9.17, 15) is 14.7 Å². The van der Waals surface area contributed by atoms with Gasteiger partial charge in [-0.15, -0.1) is 0 Å². The first-order valence-electron chi connectivity index (χ1n) is 7.56. The highest BCUT2D eigenvalue weighted by atomic mass is 16.5. The molecule has 2 aliphatic rings. The van der Waals surface area contributed by atoms with Gasteiger partial charge in [0.2, 0.25) is 5.91 Å². The fourth-order valence-corrected chi connectivity index (χ4v) is 3.40. The molecule has 2 rings (SSSR count). The topological polar surface area (TPSA) is 75.6 Å². The highest BCUT2D eigenvalue weighted by molar-refractivity contribution is 5.85. The molecule has 5 heteroatoms. The molecular formula is C15H25NO4. The number of carboxylic acids is 1. The average Bonchev–Trinajstić information content (AvgIpc) is 2.37. The molecule has 2 fully saturated rings. The van der Waals surface area contributed by atoms with Gasteiger partial charge in [0.1, 0.15) is 0 Å². The highest BCUT2D eigenvalue weighted by Gasteiger charge is 2.37. The maximum absolute atomic E-state index is 12.4. The smallest absolute Gasteiger partial charge is 0.307 e. The van der Waals surface area contributed by atoms with Gasteiger partial charge in [0.05, 0.1) is 17.4 Å². The first-order chi connectivity index (χ1) is 9.39. The van der Waals surface area contributed by atoms with E-state index in [1.54, 1.807) is 0 Å². The normalized spacial score (nSPS) is 33.4. The molecule has 3 atom stereocenters. The predicted octanol–water partition coefficient (Wildman–Crippen LogP) is 1.95. The number of amides is 1. The van der Waals surface area contributed by atoms with Crippen LogP contribution in [0.15, 0.2) is 0 Å². The van der Waals surface area contributed by atoms with Crippen LogP contribution in [-0.2, 0) is 14.3 Å². The number of aliphatic carboxylic acids is 1. The minimum atomic E-state index is -0.836. The third-order valence-corrected chi connectivity index (χ3v) is 4.46. The second kappa shape index (κ2) is 6.12. The molecule has 5 nitrogen and oxygen atoms in total. The third-order valence-electron chi connectivity index (χ3n) is 4.46. The zero-order valence-corrected chi connectivity index (χ0v) is 12.4. The summed E-state index contributed by atoms with van der Waals surface area (Å²) in [5, 5.41) is 12.3. The van der Waals surface area contributed by atoms with Crippen molar-refractivity contribution in [2.45, 2.75) is 64.0 Å². The molecular weight excluding hydrogens is 258 g/mol. The van der Waals surface area contributed by atoms with E-state index in [0.29, 0.717) is 19.4 Å². The Morgan fingerprint density at radius 2 is 1.80 bits per heavy atom. The first kappa shape index (κ1) is 15.3. The molecule has 0 radical (unpaired) electrons. The second-order valence-electron chi connectivity index (χ2n) is 6.64. The fourth-order valence-electron chi connectivity index (χ4n) is 3.40. The van der Waals surface area contributed by atoms with E-state index in [-0.39, 0.29) is 23.5 Å². The maximum Gasteiger partial charge on any atom is 0.307 e. The van der Waals surface area contributed by atoms with Gasteiger partial charge in [-0.25, -0.2) is 0 Å². The number of rotatable bonds is 3. The van der Waals surface area contributed by atoms with E-state index in [2.05, 4.69) is 5.32 Å². The standard InChI is InChI=1S/C15H25NO4/c1-15(2)9-10(7-8-20-15)16-13(17)11-5-3-4-6-12(11)14(18)19/h10-12H,3-9H2,1-2H3,(H,16,17)(H,18,19). The summed E-state index contributed by atoms with van der Waals surface area (Å²) in [6, 6.07) is 0.0996. The van der Waals surface area contributed by atoms with E-state index in [1.165, 1.54) is 0 Å². The van der Waals surface area contributed by atoms with Crippen molar-refractivity contribution in [3.63, 3.8) is 0 Å². The van der Waals surface area contributed by atoms with E-state index in [4.69, 9.17) is 4.74 Å². The van der Waals surface area contributed by atoms with E-state index in [0.717, 1.165) is 25.7 Å². The summed E-state index contributed by atoms with van der Waals surface area (Å²) in [6.07, 6.45) is 4.75. The Balaban J connectivity index is 1.94. The molecule has 0 bridgehead atoms. The number of hydrogen-bond donors (Lipinski definition) is 2. The van der Waals surface area contributed by atoms with Crippen LogP contribution in [0, 0.1) is 11.8 Å². The molecule has 1 amide bonds. The van der Waals surface area contributed by atoms with Crippen molar-refractivity contribution < 1.29 is 19.4 Å². The van der Waals surface area contributed by atoms with Crippen LogP contribution in [0.25, 0.3) is 0 Å². The Hall–Kier alpha value is -1.10. The maximum atomic E-state index is 12.4. The summed E-state index contributed by atoms with van der Waals surface area (Å²) < 4.78 is 5.64. The first-order valence-corrected chi connectivity index (χ1v) is 7.56. The van der Waals surface area contributed by atoms with Crippen LogP contribution in [0.3, 0.4) is 0 Å². The summed E-state index contributed by atoms with van der Waals surface area (Å²) >= 11 is 0. The molecule has 3 unspecified atom stereocenters. The van der Waals surface area contributed by atoms with E-state index < -0.39 is 11.9 Å². The molecule has 0 aromatic heterocycles. The lowest BCUT2D eigenvalue weighted by atomic mass is 9.78. The van der Waals surface area contributed by atoms with Gasteiger partial charge in [-0.05, 0) is 39.5 Å². The van der Waals surface area contributed by atoms with Crippen molar-refractivity contribution in [3.05, 3.63) is 0 Å². The molecule has 1 aliphatic carbocycles. The van der Waals surface area contributed by atoms with Crippen LogP contribution < -0.4 is 5.32 Å². The minimum Gasteiger partial charge on any atom is -0.481 e. The number of carboxylic acid groups (broad SMARTS) is 1. The lowest BCUT2D eigenvalue weighted by molar-refractivity contribution is -0.149. The largest absolute Gasteiger partial charge is 0.481 e. The molecule has 0 aromatic carbocycles. The van der Waals surface area contributed by atoms with Gasteiger partial charge >= 0.3 is 5.97 Å². The molecule has 114 valence electrons. The summed E-state index contributed by atoms with van der Waals surface area (Å²) in [5.41, 5.74) is -0.213.